The van der Waals surface area contributed by atoms with Gasteiger partial charge in [0.05, 0.1) is 12.8 Å². The fraction of sp³-hybridized carbons (Fsp3) is 0.154. The van der Waals surface area contributed by atoms with Gasteiger partial charge in [-0.15, -0.1) is 0 Å². The standard InChI is InChI=1S/C13H14N2O2/c1-15(9-12-6-3-7-17-12)13(16)10-4-2-5-11(14)8-10/h2-8H,9,14H2,1H3. The van der Waals surface area contributed by atoms with Crippen LogP contribution in [0.4, 0.5) is 5.69 Å². The molecule has 1 aromatic heterocycles. The SMILES string of the molecule is CN(Cc1ccco1)C(=O)c1cccc(N)c1. The predicted molar refractivity (Wildman–Crippen MR) is 65.4 cm³/mol. The Hall–Kier alpha value is -2.23. The van der Waals surface area contributed by atoms with Gasteiger partial charge in [-0.3, -0.25) is 4.79 Å². The molecule has 0 radical (unpaired) electrons. The topological polar surface area (TPSA) is 59.5 Å². The molecule has 0 saturated carbocycles. The molecule has 0 spiro atoms. The van der Waals surface area contributed by atoms with E-state index >= 15 is 0 Å². The zero-order valence-corrected chi connectivity index (χ0v) is 9.59. The lowest BCUT2D eigenvalue weighted by Crippen LogP contribution is -2.26. The van der Waals surface area contributed by atoms with E-state index in [1.165, 1.54) is 0 Å². The van der Waals surface area contributed by atoms with Crippen LogP contribution in [0.25, 0.3) is 0 Å². The Morgan fingerprint density at radius 2 is 2.18 bits per heavy atom. The molecule has 0 aliphatic rings. The van der Waals surface area contributed by atoms with Crippen molar-refractivity contribution in [3.8, 4) is 0 Å². The Labute approximate surface area is 99.6 Å². The van der Waals surface area contributed by atoms with Gasteiger partial charge in [0.25, 0.3) is 5.91 Å². The third-order valence-corrected chi connectivity index (χ3v) is 2.45. The molecule has 88 valence electrons. The number of rotatable bonds is 3. The van der Waals surface area contributed by atoms with Gasteiger partial charge in [0.1, 0.15) is 5.76 Å². The summed E-state index contributed by atoms with van der Waals surface area (Å²) < 4.78 is 5.20. The Balaban J connectivity index is 2.09. The minimum Gasteiger partial charge on any atom is -0.467 e. The second-order valence-electron chi connectivity index (χ2n) is 3.87. The van der Waals surface area contributed by atoms with Crippen molar-refractivity contribution < 1.29 is 9.21 Å². The molecule has 0 atom stereocenters. The summed E-state index contributed by atoms with van der Waals surface area (Å²) in [7, 11) is 1.73. The maximum absolute atomic E-state index is 12.1. The van der Waals surface area contributed by atoms with Gasteiger partial charge in [-0.25, -0.2) is 0 Å². The van der Waals surface area contributed by atoms with E-state index in [0.717, 1.165) is 5.76 Å². The first-order valence-corrected chi connectivity index (χ1v) is 5.30. The zero-order valence-electron chi connectivity index (χ0n) is 9.59. The summed E-state index contributed by atoms with van der Waals surface area (Å²) in [6, 6.07) is 10.6. The van der Waals surface area contributed by atoms with Crippen LogP contribution in [0.3, 0.4) is 0 Å². The van der Waals surface area contributed by atoms with Crippen LogP contribution in [0.15, 0.2) is 47.1 Å². The second-order valence-corrected chi connectivity index (χ2v) is 3.87. The average molecular weight is 230 g/mol. The van der Waals surface area contributed by atoms with Crippen LogP contribution in [0, 0.1) is 0 Å². The molecule has 1 aromatic carbocycles. The molecule has 0 fully saturated rings. The number of benzene rings is 1. The fourth-order valence-electron chi connectivity index (χ4n) is 1.60. The summed E-state index contributed by atoms with van der Waals surface area (Å²) in [5.74, 6) is 0.679. The lowest BCUT2D eigenvalue weighted by atomic mass is 10.2. The average Bonchev–Trinajstić information content (AvgIpc) is 2.80. The summed E-state index contributed by atoms with van der Waals surface area (Å²) in [5.41, 5.74) is 6.81. The van der Waals surface area contributed by atoms with Gasteiger partial charge in [-0.2, -0.15) is 0 Å². The molecule has 4 heteroatoms. The van der Waals surface area contributed by atoms with Gasteiger partial charge in [0.2, 0.25) is 0 Å². The van der Waals surface area contributed by atoms with Gasteiger partial charge in [0.15, 0.2) is 0 Å². The predicted octanol–water partition coefficient (Wildman–Crippen LogP) is 2.13. The molecule has 0 bridgehead atoms. The summed E-state index contributed by atoms with van der Waals surface area (Å²) in [5, 5.41) is 0. The summed E-state index contributed by atoms with van der Waals surface area (Å²) >= 11 is 0. The number of nitrogen functional groups attached to an aromatic ring is 1. The van der Waals surface area contributed by atoms with Crippen molar-refractivity contribution in [3.63, 3.8) is 0 Å². The Morgan fingerprint density at radius 3 is 2.82 bits per heavy atom. The third kappa shape index (κ3) is 2.66. The zero-order chi connectivity index (χ0) is 12.3. The second kappa shape index (κ2) is 4.74. The molecule has 2 aromatic rings. The summed E-state index contributed by atoms with van der Waals surface area (Å²) in [4.78, 5) is 13.6. The van der Waals surface area contributed by atoms with Crippen molar-refractivity contribution in [2.45, 2.75) is 6.54 Å². The van der Waals surface area contributed by atoms with Gasteiger partial charge < -0.3 is 15.1 Å². The smallest absolute Gasteiger partial charge is 0.254 e. The molecule has 0 aliphatic heterocycles. The molecular formula is C13H14N2O2. The summed E-state index contributed by atoms with van der Waals surface area (Å²) in [6.45, 7) is 0.445. The highest BCUT2D eigenvalue weighted by atomic mass is 16.3. The number of carbonyl (C=O) groups excluding carboxylic acids is 1. The van der Waals surface area contributed by atoms with Crippen LogP contribution in [0.2, 0.25) is 0 Å². The first-order valence-electron chi connectivity index (χ1n) is 5.30. The van der Waals surface area contributed by atoms with Crippen LogP contribution in [0.1, 0.15) is 16.1 Å². The molecule has 17 heavy (non-hydrogen) atoms. The number of nitrogens with two attached hydrogens (primary N) is 1. The Morgan fingerprint density at radius 1 is 1.35 bits per heavy atom. The number of carbonyl (C=O) groups is 1. The molecule has 0 unspecified atom stereocenters. The third-order valence-electron chi connectivity index (χ3n) is 2.45. The van der Waals surface area contributed by atoms with Crippen molar-refractivity contribution in [3.05, 3.63) is 54.0 Å². The number of nitrogens with zero attached hydrogens (tertiary/aromatic N) is 1. The number of anilines is 1. The quantitative estimate of drug-likeness (QED) is 0.822. The van der Waals surface area contributed by atoms with Crippen molar-refractivity contribution in [2.75, 3.05) is 12.8 Å². The normalized spacial score (nSPS) is 10.2. The molecule has 2 rings (SSSR count). The highest BCUT2D eigenvalue weighted by Crippen LogP contribution is 2.11. The number of hydrogen-bond acceptors (Lipinski definition) is 3. The van der Waals surface area contributed by atoms with E-state index < -0.39 is 0 Å². The highest BCUT2D eigenvalue weighted by Gasteiger charge is 2.12. The molecule has 0 aliphatic carbocycles. The van der Waals surface area contributed by atoms with Crippen molar-refractivity contribution in [1.29, 1.82) is 0 Å². The Kier molecular flexibility index (Phi) is 3.14. The van der Waals surface area contributed by atoms with Crippen LogP contribution < -0.4 is 5.73 Å². The fourth-order valence-corrected chi connectivity index (χ4v) is 1.60. The minimum atomic E-state index is -0.0753. The van der Waals surface area contributed by atoms with E-state index in [2.05, 4.69) is 0 Å². The highest BCUT2D eigenvalue weighted by molar-refractivity contribution is 5.94. The first-order chi connectivity index (χ1) is 8.16. The van der Waals surface area contributed by atoms with Crippen LogP contribution >= 0.6 is 0 Å². The van der Waals surface area contributed by atoms with Gasteiger partial charge in [-0.05, 0) is 30.3 Å². The molecule has 2 N–H and O–H groups in total. The van der Waals surface area contributed by atoms with E-state index in [0.29, 0.717) is 17.8 Å². The van der Waals surface area contributed by atoms with Crippen molar-refractivity contribution >= 4 is 11.6 Å². The number of furan rings is 1. The maximum Gasteiger partial charge on any atom is 0.254 e. The van der Waals surface area contributed by atoms with E-state index in [4.69, 9.17) is 10.2 Å². The van der Waals surface area contributed by atoms with Gasteiger partial charge in [-0.1, -0.05) is 6.07 Å². The number of amides is 1. The minimum absolute atomic E-state index is 0.0753. The van der Waals surface area contributed by atoms with Gasteiger partial charge in [0, 0.05) is 18.3 Å². The van der Waals surface area contributed by atoms with E-state index in [9.17, 15) is 4.79 Å². The largest absolute Gasteiger partial charge is 0.467 e. The lowest BCUT2D eigenvalue weighted by Gasteiger charge is -2.15. The van der Waals surface area contributed by atoms with Crippen LogP contribution in [-0.2, 0) is 6.54 Å². The Bertz CT molecular complexity index is 506. The van der Waals surface area contributed by atoms with E-state index in [-0.39, 0.29) is 5.91 Å². The lowest BCUT2D eigenvalue weighted by molar-refractivity contribution is 0.0775. The van der Waals surface area contributed by atoms with Crippen LogP contribution in [-0.4, -0.2) is 17.9 Å². The van der Waals surface area contributed by atoms with Crippen molar-refractivity contribution in [2.24, 2.45) is 0 Å². The molecule has 1 amide bonds. The van der Waals surface area contributed by atoms with E-state index in [1.807, 2.05) is 6.07 Å². The molecule has 4 nitrogen and oxygen atoms in total. The summed E-state index contributed by atoms with van der Waals surface area (Å²) in [6.07, 6.45) is 1.59. The molecule has 0 saturated heterocycles. The monoisotopic (exact) mass is 230 g/mol. The maximum atomic E-state index is 12.1. The van der Waals surface area contributed by atoms with E-state index in [1.54, 1.807) is 48.5 Å². The molecule has 1 heterocycles. The van der Waals surface area contributed by atoms with Gasteiger partial charge >= 0.3 is 0 Å². The van der Waals surface area contributed by atoms with Crippen molar-refractivity contribution in [1.82, 2.24) is 4.90 Å². The first kappa shape index (κ1) is 11.3. The molecular weight excluding hydrogens is 216 g/mol. The van der Waals surface area contributed by atoms with Crippen LogP contribution in [0.5, 0.6) is 0 Å². The number of hydrogen-bond donors (Lipinski definition) is 1.